The van der Waals surface area contributed by atoms with E-state index in [1.165, 1.54) is 18.2 Å². The molecule has 0 aliphatic heterocycles. The molecule has 0 aromatic heterocycles. The summed E-state index contributed by atoms with van der Waals surface area (Å²) in [7, 11) is 0. The van der Waals surface area contributed by atoms with Crippen LogP contribution in [-0.2, 0) is 6.54 Å². The first kappa shape index (κ1) is 25.4. The molecule has 32 heavy (non-hydrogen) atoms. The Kier molecular flexibility index (Phi) is 11.3. The van der Waals surface area contributed by atoms with Crippen molar-refractivity contribution in [2.75, 3.05) is 38.2 Å². The summed E-state index contributed by atoms with van der Waals surface area (Å²) in [5, 5.41) is 6.27. The van der Waals surface area contributed by atoms with E-state index in [-0.39, 0.29) is 17.5 Å². The number of anilines is 1. The molecule has 0 amide bonds. The van der Waals surface area contributed by atoms with Crippen LogP contribution in [0.4, 0.5) is 18.9 Å². The normalized spacial score (nSPS) is 10.6. The second kappa shape index (κ2) is 14.2. The maximum atomic E-state index is 13.5. The van der Waals surface area contributed by atoms with Gasteiger partial charge in [0.2, 0.25) is 0 Å². The van der Waals surface area contributed by atoms with Gasteiger partial charge in [-0.2, -0.15) is 0 Å². The summed E-state index contributed by atoms with van der Waals surface area (Å²) in [4.78, 5) is 2.04. The number of hydrogen-bond acceptors (Lipinski definition) is 4. The number of halogens is 3. The molecule has 0 aliphatic carbocycles. The van der Waals surface area contributed by atoms with Crippen molar-refractivity contribution in [3.63, 3.8) is 0 Å². The first-order valence-corrected chi connectivity index (χ1v) is 10.6. The van der Waals surface area contributed by atoms with Gasteiger partial charge in [-0.15, -0.1) is 0 Å². The molecule has 0 unspecified atom stereocenters. The molecule has 0 aliphatic rings. The van der Waals surface area contributed by atoms with Gasteiger partial charge in [-0.1, -0.05) is 48.5 Å². The molecular formula is C25H31F3N4. The fourth-order valence-electron chi connectivity index (χ4n) is 2.90. The average Bonchev–Trinajstić information content (AvgIpc) is 2.80. The molecule has 3 aromatic rings. The second-order valence-corrected chi connectivity index (χ2v) is 7.22. The highest BCUT2D eigenvalue weighted by Gasteiger charge is 2.05. The van der Waals surface area contributed by atoms with Crippen LogP contribution in [0.2, 0.25) is 0 Å². The molecule has 0 saturated heterocycles. The first-order valence-electron chi connectivity index (χ1n) is 10.6. The minimum absolute atomic E-state index is 0.132. The third kappa shape index (κ3) is 9.09. The van der Waals surface area contributed by atoms with Crippen LogP contribution in [-0.4, -0.2) is 37.7 Å². The smallest absolute Gasteiger partial charge is 0.146 e. The lowest BCUT2D eigenvalue weighted by Crippen LogP contribution is -2.38. The molecule has 0 radical (unpaired) electrons. The maximum Gasteiger partial charge on any atom is 0.146 e. The predicted octanol–water partition coefficient (Wildman–Crippen LogP) is 4.52. The number of nitrogens with zero attached hydrogens (tertiary/aromatic N) is 1. The van der Waals surface area contributed by atoms with Gasteiger partial charge in [0.1, 0.15) is 17.5 Å². The molecule has 0 bridgehead atoms. The summed E-state index contributed by atoms with van der Waals surface area (Å²) in [5.74, 6) is -0.592. The lowest BCUT2D eigenvalue weighted by atomic mass is 10.2. The van der Waals surface area contributed by atoms with E-state index >= 15 is 0 Å². The number of hydrogen-bond donors (Lipinski definition) is 3. The largest absolute Gasteiger partial charge is 0.381 e. The number of aryl methyl sites for hydroxylation is 1. The van der Waals surface area contributed by atoms with Crippen molar-refractivity contribution >= 4 is 5.69 Å². The van der Waals surface area contributed by atoms with E-state index in [1.54, 1.807) is 49.4 Å². The molecule has 3 rings (SSSR count). The van der Waals surface area contributed by atoms with E-state index in [9.17, 15) is 13.2 Å². The molecular weight excluding hydrogens is 413 g/mol. The molecule has 0 fully saturated rings. The Bertz CT molecular complexity index is 915. The highest BCUT2D eigenvalue weighted by atomic mass is 19.1. The van der Waals surface area contributed by atoms with Crippen LogP contribution in [0.25, 0.3) is 0 Å². The van der Waals surface area contributed by atoms with Crippen molar-refractivity contribution in [3.05, 3.63) is 101 Å². The number of rotatable bonds is 10. The maximum absolute atomic E-state index is 13.5. The van der Waals surface area contributed by atoms with Crippen molar-refractivity contribution in [2.24, 2.45) is 5.73 Å². The molecule has 0 atom stereocenters. The van der Waals surface area contributed by atoms with Gasteiger partial charge < -0.3 is 16.4 Å². The van der Waals surface area contributed by atoms with Crippen LogP contribution in [0, 0.1) is 24.4 Å². The van der Waals surface area contributed by atoms with Crippen molar-refractivity contribution in [1.29, 1.82) is 0 Å². The highest BCUT2D eigenvalue weighted by molar-refractivity contribution is 5.44. The Morgan fingerprint density at radius 3 is 1.94 bits per heavy atom. The van der Waals surface area contributed by atoms with Crippen LogP contribution in [0.1, 0.15) is 11.1 Å². The molecule has 172 valence electrons. The Hall–Kier alpha value is -2.87. The molecule has 4 nitrogen and oxygen atoms in total. The summed E-state index contributed by atoms with van der Waals surface area (Å²) in [5.41, 5.74) is 7.58. The molecule has 4 N–H and O–H groups in total. The molecule has 3 aromatic carbocycles. The van der Waals surface area contributed by atoms with Crippen LogP contribution in [0.3, 0.4) is 0 Å². The first-order chi connectivity index (χ1) is 15.5. The summed E-state index contributed by atoms with van der Waals surface area (Å²) in [6.45, 7) is 5.39. The monoisotopic (exact) mass is 444 g/mol. The third-order valence-corrected chi connectivity index (χ3v) is 4.83. The number of benzene rings is 3. The lowest BCUT2D eigenvalue weighted by Gasteiger charge is -2.21. The minimum atomic E-state index is -0.261. The van der Waals surface area contributed by atoms with Gasteiger partial charge in [0.15, 0.2) is 0 Å². The second-order valence-electron chi connectivity index (χ2n) is 7.22. The van der Waals surface area contributed by atoms with E-state index in [0.29, 0.717) is 49.7 Å². The van der Waals surface area contributed by atoms with Gasteiger partial charge in [-0.25, -0.2) is 13.2 Å². The van der Waals surface area contributed by atoms with Gasteiger partial charge in [0.25, 0.3) is 0 Å². The number of para-hydroxylation sites is 1. The van der Waals surface area contributed by atoms with Gasteiger partial charge in [0.05, 0.1) is 5.69 Å². The van der Waals surface area contributed by atoms with Gasteiger partial charge in [-0.3, -0.25) is 4.90 Å². The molecule has 0 spiro atoms. The minimum Gasteiger partial charge on any atom is -0.381 e. The van der Waals surface area contributed by atoms with Crippen molar-refractivity contribution < 1.29 is 13.2 Å². The Morgan fingerprint density at radius 1 is 0.750 bits per heavy atom. The van der Waals surface area contributed by atoms with Gasteiger partial charge in [-0.05, 0) is 36.8 Å². The van der Waals surface area contributed by atoms with Crippen LogP contribution in [0.5, 0.6) is 0 Å². The fourth-order valence-corrected chi connectivity index (χ4v) is 2.90. The lowest BCUT2D eigenvalue weighted by molar-refractivity contribution is 0.290. The zero-order chi connectivity index (χ0) is 23.2. The Morgan fingerprint density at radius 2 is 1.34 bits per heavy atom. The topological polar surface area (TPSA) is 53.3 Å². The summed E-state index contributed by atoms with van der Waals surface area (Å²) in [6.07, 6.45) is 0. The third-order valence-electron chi connectivity index (χ3n) is 4.83. The quantitative estimate of drug-likeness (QED) is 0.318. The van der Waals surface area contributed by atoms with Gasteiger partial charge in [0, 0.05) is 45.0 Å². The van der Waals surface area contributed by atoms with Crippen LogP contribution < -0.4 is 16.4 Å². The van der Waals surface area contributed by atoms with E-state index in [4.69, 9.17) is 5.73 Å². The standard InChI is InChI=1S/C18H24F2N4.C7H7F/c19-16-6-2-1-5-15(16)13-22-9-11-24(14-21)12-10-23-18-8-4-3-7-17(18)20;1-6-4-2-3-5-7(6)8/h1-8,22-23H,9-14,21H2;2-5H,1H3. The average molecular weight is 445 g/mol. The SMILES string of the molecule is Cc1ccccc1F.NCN(CCNCc1ccccc1F)CCNc1ccccc1F. The van der Waals surface area contributed by atoms with E-state index in [2.05, 4.69) is 10.6 Å². The predicted molar refractivity (Wildman–Crippen MR) is 125 cm³/mol. The van der Waals surface area contributed by atoms with Gasteiger partial charge >= 0.3 is 0 Å². The fraction of sp³-hybridized carbons (Fsp3) is 0.280. The zero-order valence-electron chi connectivity index (χ0n) is 18.3. The Balaban J connectivity index is 0.000000380. The molecule has 0 saturated carbocycles. The number of nitrogens with two attached hydrogens (primary N) is 1. The van der Waals surface area contributed by atoms with Crippen molar-refractivity contribution in [3.8, 4) is 0 Å². The van der Waals surface area contributed by atoms with E-state index in [1.807, 2.05) is 17.0 Å². The molecule has 0 heterocycles. The number of nitrogens with one attached hydrogen (secondary N) is 2. The zero-order valence-corrected chi connectivity index (χ0v) is 18.3. The molecule has 7 heteroatoms. The van der Waals surface area contributed by atoms with Crippen LogP contribution in [0.15, 0.2) is 72.8 Å². The summed E-state index contributed by atoms with van der Waals surface area (Å²) in [6, 6.07) is 20.0. The summed E-state index contributed by atoms with van der Waals surface area (Å²) < 4.78 is 39.3. The highest BCUT2D eigenvalue weighted by Crippen LogP contribution is 2.11. The Labute approximate surface area is 188 Å². The van der Waals surface area contributed by atoms with Crippen LogP contribution >= 0.6 is 0 Å². The summed E-state index contributed by atoms with van der Waals surface area (Å²) >= 11 is 0. The van der Waals surface area contributed by atoms with E-state index in [0.717, 1.165) is 6.54 Å². The van der Waals surface area contributed by atoms with Crippen molar-refractivity contribution in [2.45, 2.75) is 13.5 Å². The van der Waals surface area contributed by atoms with Crippen molar-refractivity contribution in [1.82, 2.24) is 10.2 Å². The van der Waals surface area contributed by atoms with E-state index < -0.39 is 0 Å².